The molecule has 4 rings (SSSR count). The van der Waals surface area contributed by atoms with E-state index in [-0.39, 0.29) is 16.8 Å². The van der Waals surface area contributed by atoms with Crippen molar-refractivity contribution in [1.82, 2.24) is 14.1 Å². The van der Waals surface area contributed by atoms with Crippen LogP contribution >= 0.6 is 0 Å². The molecule has 9 heteroatoms. The van der Waals surface area contributed by atoms with Crippen LogP contribution in [0.25, 0.3) is 0 Å². The number of hydrogen-bond acceptors (Lipinski definition) is 5. The van der Waals surface area contributed by atoms with Gasteiger partial charge in [-0.2, -0.15) is 4.31 Å². The van der Waals surface area contributed by atoms with Crippen LogP contribution in [0.5, 0.6) is 0 Å². The summed E-state index contributed by atoms with van der Waals surface area (Å²) in [7, 11) is -1.71. The van der Waals surface area contributed by atoms with E-state index in [2.05, 4.69) is 4.90 Å². The maximum atomic E-state index is 13.6. The Balaban J connectivity index is 1.59. The highest BCUT2D eigenvalue weighted by atomic mass is 32.2. The van der Waals surface area contributed by atoms with Gasteiger partial charge >= 0.3 is 0 Å². The van der Waals surface area contributed by atoms with Crippen molar-refractivity contribution in [2.75, 3.05) is 53.0 Å². The van der Waals surface area contributed by atoms with Crippen molar-refractivity contribution in [3.8, 4) is 0 Å². The molecule has 0 saturated carbocycles. The van der Waals surface area contributed by atoms with E-state index in [1.54, 1.807) is 0 Å². The number of carbonyl (C=O) groups excluding carboxylic acids is 1. The van der Waals surface area contributed by atoms with Gasteiger partial charge in [0.2, 0.25) is 15.9 Å². The third kappa shape index (κ3) is 3.69. The van der Waals surface area contributed by atoms with Crippen LogP contribution in [0.4, 0.5) is 4.39 Å². The zero-order valence-corrected chi connectivity index (χ0v) is 17.5. The second kappa shape index (κ2) is 7.94. The highest BCUT2D eigenvalue weighted by Crippen LogP contribution is 2.45. The number of likely N-dealkylation sites (tertiary alicyclic amines) is 1. The monoisotopic (exact) mass is 425 g/mol. The number of morpholine rings is 1. The average Bonchev–Trinajstić information content (AvgIpc) is 2.92. The first-order valence-electron chi connectivity index (χ1n) is 10.2. The number of nitrogens with zero attached hydrogens (tertiary/aromatic N) is 3. The second-order valence-corrected chi connectivity index (χ2v) is 10.1. The third-order valence-corrected chi connectivity index (χ3v) is 8.63. The van der Waals surface area contributed by atoms with Crippen molar-refractivity contribution < 1.29 is 22.3 Å². The molecule has 0 aromatic heterocycles. The van der Waals surface area contributed by atoms with Crippen LogP contribution in [-0.4, -0.2) is 87.5 Å². The molecule has 3 fully saturated rings. The molecule has 7 nitrogen and oxygen atoms in total. The lowest BCUT2D eigenvalue weighted by Gasteiger charge is -2.39. The van der Waals surface area contributed by atoms with Gasteiger partial charge in [-0.05, 0) is 57.1 Å². The standard InChI is InChI=1S/C20H28FN3O4S/c1-22-10-7-20(19(25)23-12-14-28-15-13-23)8-11-24(9-6-18(20)22)29(26,27)17-4-2-16(21)3-5-17/h2-5,18H,6-15H2,1H3/t18-,20-/m1/s1. The molecule has 160 valence electrons. The van der Waals surface area contributed by atoms with Crippen molar-refractivity contribution >= 4 is 15.9 Å². The Morgan fingerprint density at radius 3 is 2.41 bits per heavy atom. The van der Waals surface area contributed by atoms with E-state index in [4.69, 9.17) is 4.74 Å². The normalized spacial score (nSPS) is 29.4. The number of amides is 1. The van der Waals surface area contributed by atoms with Gasteiger partial charge < -0.3 is 14.5 Å². The minimum absolute atomic E-state index is 0.0197. The number of sulfonamides is 1. The van der Waals surface area contributed by atoms with Crippen LogP contribution in [-0.2, 0) is 19.6 Å². The van der Waals surface area contributed by atoms with Gasteiger partial charge in [-0.3, -0.25) is 4.79 Å². The van der Waals surface area contributed by atoms with E-state index in [9.17, 15) is 17.6 Å². The van der Waals surface area contributed by atoms with Crippen LogP contribution in [0, 0.1) is 11.2 Å². The summed E-state index contributed by atoms with van der Waals surface area (Å²) in [4.78, 5) is 17.7. The number of benzene rings is 1. The molecule has 1 amide bonds. The minimum Gasteiger partial charge on any atom is -0.378 e. The summed E-state index contributed by atoms with van der Waals surface area (Å²) >= 11 is 0. The zero-order chi connectivity index (χ0) is 20.6. The molecule has 0 aliphatic carbocycles. The summed E-state index contributed by atoms with van der Waals surface area (Å²) in [5.74, 6) is -0.331. The zero-order valence-electron chi connectivity index (χ0n) is 16.7. The Labute approximate surface area is 171 Å². The molecule has 29 heavy (non-hydrogen) atoms. The summed E-state index contributed by atoms with van der Waals surface area (Å²) < 4.78 is 46.3. The first kappa shape index (κ1) is 20.7. The smallest absolute Gasteiger partial charge is 0.243 e. The molecular weight excluding hydrogens is 397 g/mol. The Bertz CT molecular complexity index is 857. The van der Waals surface area contributed by atoms with Gasteiger partial charge in [0.05, 0.1) is 23.5 Å². The lowest BCUT2D eigenvalue weighted by molar-refractivity contribution is -0.148. The van der Waals surface area contributed by atoms with E-state index >= 15 is 0 Å². The fourth-order valence-corrected chi connectivity index (χ4v) is 6.50. The summed E-state index contributed by atoms with van der Waals surface area (Å²) in [5.41, 5.74) is -0.556. The lowest BCUT2D eigenvalue weighted by Crippen LogP contribution is -2.53. The summed E-state index contributed by atoms with van der Waals surface area (Å²) in [6.45, 7) is 3.77. The van der Waals surface area contributed by atoms with Crippen molar-refractivity contribution in [3.05, 3.63) is 30.1 Å². The van der Waals surface area contributed by atoms with Crippen molar-refractivity contribution in [1.29, 1.82) is 0 Å². The molecule has 1 aromatic rings. The summed E-state index contributed by atoms with van der Waals surface area (Å²) in [6.07, 6.45) is 1.85. The average molecular weight is 426 g/mol. The predicted octanol–water partition coefficient (Wildman–Crippen LogP) is 1.16. The molecule has 2 atom stereocenters. The first-order valence-corrected chi connectivity index (χ1v) is 11.6. The number of halogens is 1. The van der Waals surface area contributed by atoms with Crippen LogP contribution in [0.3, 0.4) is 0 Å². The Hall–Kier alpha value is -1.55. The second-order valence-electron chi connectivity index (χ2n) is 8.20. The molecule has 0 spiro atoms. The van der Waals surface area contributed by atoms with Crippen LogP contribution in [0.2, 0.25) is 0 Å². The molecule has 0 unspecified atom stereocenters. The number of carbonyl (C=O) groups is 1. The van der Waals surface area contributed by atoms with E-state index in [1.807, 2.05) is 11.9 Å². The Morgan fingerprint density at radius 2 is 1.72 bits per heavy atom. The number of rotatable bonds is 3. The molecule has 1 aromatic carbocycles. The van der Waals surface area contributed by atoms with Crippen molar-refractivity contribution in [2.24, 2.45) is 5.41 Å². The number of hydrogen-bond donors (Lipinski definition) is 0. The van der Waals surface area contributed by atoms with E-state index in [1.165, 1.54) is 16.4 Å². The molecule has 3 saturated heterocycles. The summed E-state index contributed by atoms with van der Waals surface area (Å²) in [5, 5.41) is 0. The van der Waals surface area contributed by atoms with E-state index in [0.29, 0.717) is 52.2 Å². The highest BCUT2D eigenvalue weighted by Gasteiger charge is 2.54. The molecule has 3 heterocycles. The van der Waals surface area contributed by atoms with Crippen LogP contribution in [0.15, 0.2) is 29.2 Å². The minimum atomic E-state index is -3.72. The van der Waals surface area contributed by atoms with Crippen molar-refractivity contribution in [2.45, 2.75) is 30.2 Å². The number of ether oxygens (including phenoxy) is 1. The van der Waals surface area contributed by atoms with Gasteiger partial charge in [-0.25, -0.2) is 12.8 Å². The molecule has 0 bridgehead atoms. The maximum absolute atomic E-state index is 13.6. The van der Waals surface area contributed by atoms with Gasteiger partial charge in [0, 0.05) is 32.2 Å². The van der Waals surface area contributed by atoms with Gasteiger partial charge in [-0.1, -0.05) is 0 Å². The highest BCUT2D eigenvalue weighted by molar-refractivity contribution is 7.89. The first-order chi connectivity index (χ1) is 13.8. The maximum Gasteiger partial charge on any atom is 0.243 e. The SMILES string of the molecule is CN1CC[C@@]2(C(=O)N3CCOCC3)CCN(S(=O)(=O)c3ccc(F)cc3)CC[C@@H]12. The third-order valence-electron chi connectivity index (χ3n) is 6.72. The largest absolute Gasteiger partial charge is 0.378 e. The van der Waals surface area contributed by atoms with E-state index in [0.717, 1.165) is 25.1 Å². The molecule has 3 aliphatic heterocycles. The number of fused-ring (bicyclic) bond motifs is 1. The molecular formula is C20H28FN3O4S. The van der Waals surface area contributed by atoms with Crippen molar-refractivity contribution in [3.63, 3.8) is 0 Å². The van der Waals surface area contributed by atoms with Crippen LogP contribution < -0.4 is 0 Å². The Kier molecular flexibility index (Phi) is 5.67. The molecule has 3 aliphatic rings. The molecule has 0 N–H and O–H groups in total. The summed E-state index contributed by atoms with van der Waals surface area (Å²) in [6, 6.07) is 4.95. The quantitative estimate of drug-likeness (QED) is 0.727. The van der Waals surface area contributed by atoms with Gasteiger partial charge in [0.25, 0.3) is 0 Å². The lowest BCUT2D eigenvalue weighted by atomic mass is 9.75. The van der Waals surface area contributed by atoms with Gasteiger partial charge in [-0.15, -0.1) is 0 Å². The fraction of sp³-hybridized carbons (Fsp3) is 0.650. The van der Waals surface area contributed by atoms with Crippen LogP contribution in [0.1, 0.15) is 19.3 Å². The van der Waals surface area contributed by atoms with Gasteiger partial charge in [0.15, 0.2) is 0 Å². The van der Waals surface area contributed by atoms with E-state index < -0.39 is 21.3 Å². The Morgan fingerprint density at radius 1 is 1.07 bits per heavy atom. The van der Waals surface area contributed by atoms with Gasteiger partial charge in [0.1, 0.15) is 5.82 Å². The fourth-order valence-electron chi connectivity index (χ4n) is 5.04. The predicted molar refractivity (Wildman–Crippen MR) is 105 cm³/mol. The molecule has 0 radical (unpaired) electrons. The topological polar surface area (TPSA) is 70.2 Å².